The monoisotopic (exact) mass is 449 g/mol. The van der Waals surface area contributed by atoms with Crippen molar-refractivity contribution in [3.05, 3.63) is 65.9 Å². The Bertz CT molecular complexity index is 1060. The summed E-state index contributed by atoms with van der Waals surface area (Å²) in [4.78, 5) is 17.5. The van der Waals surface area contributed by atoms with Crippen molar-refractivity contribution in [1.29, 1.82) is 0 Å². The molecule has 0 spiro atoms. The largest absolute Gasteiger partial charge is 0.376 e. The van der Waals surface area contributed by atoms with Gasteiger partial charge in [-0.3, -0.25) is 4.79 Å². The van der Waals surface area contributed by atoms with Crippen molar-refractivity contribution in [2.45, 2.75) is 57.3 Å². The van der Waals surface area contributed by atoms with E-state index in [1.165, 1.54) is 11.8 Å². The van der Waals surface area contributed by atoms with E-state index in [2.05, 4.69) is 46.9 Å². The lowest BCUT2D eigenvalue weighted by molar-refractivity contribution is -0.113. The summed E-state index contributed by atoms with van der Waals surface area (Å²) in [6, 6.07) is 16.4. The molecule has 6 heteroatoms. The van der Waals surface area contributed by atoms with Crippen LogP contribution in [0, 0.1) is 6.92 Å². The summed E-state index contributed by atoms with van der Waals surface area (Å²) >= 11 is 1.48. The number of nitrogens with one attached hydrogen (secondary N) is 1. The fourth-order valence-corrected chi connectivity index (χ4v) is 4.92. The van der Waals surface area contributed by atoms with Crippen LogP contribution in [0.5, 0.6) is 0 Å². The van der Waals surface area contributed by atoms with Crippen molar-refractivity contribution in [2.24, 2.45) is 0 Å². The molecule has 1 saturated heterocycles. The predicted octanol–water partition coefficient (Wildman–Crippen LogP) is 5.89. The fraction of sp³-hybridized carbons (Fsp3) is 0.385. The Balaban J connectivity index is 1.51. The highest BCUT2D eigenvalue weighted by atomic mass is 32.2. The first-order chi connectivity index (χ1) is 15.5. The number of imidazole rings is 1. The number of carbonyl (C=O) groups is 1. The van der Waals surface area contributed by atoms with E-state index in [0.29, 0.717) is 11.7 Å². The van der Waals surface area contributed by atoms with Crippen molar-refractivity contribution in [2.75, 3.05) is 17.7 Å². The highest BCUT2D eigenvalue weighted by Crippen LogP contribution is 2.30. The van der Waals surface area contributed by atoms with E-state index < -0.39 is 0 Å². The van der Waals surface area contributed by atoms with Gasteiger partial charge in [0.25, 0.3) is 0 Å². The molecule has 0 saturated carbocycles. The van der Waals surface area contributed by atoms with E-state index in [1.54, 1.807) is 0 Å². The van der Waals surface area contributed by atoms with Gasteiger partial charge >= 0.3 is 0 Å². The van der Waals surface area contributed by atoms with Crippen LogP contribution in [0.25, 0.3) is 11.3 Å². The maximum atomic E-state index is 12.9. The second kappa shape index (κ2) is 10.4. The average Bonchev–Trinajstić information content (AvgIpc) is 3.44. The first-order valence-electron chi connectivity index (χ1n) is 11.3. The van der Waals surface area contributed by atoms with Crippen molar-refractivity contribution >= 4 is 23.4 Å². The number of benzene rings is 2. The number of nitrogens with zero attached hydrogens (tertiary/aromatic N) is 2. The second-order valence-corrected chi connectivity index (χ2v) is 9.51. The molecule has 2 aromatic carbocycles. The Labute approximate surface area is 194 Å². The zero-order valence-electron chi connectivity index (χ0n) is 19.0. The van der Waals surface area contributed by atoms with Gasteiger partial charge in [-0.1, -0.05) is 74.1 Å². The molecule has 1 aliphatic rings. The Kier molecular flexibility index (Phi) is 7.33. The molecule has 1 N–H and O–H groups in total. The van der Waals surface area contributed by atoms with Crippen molar-refractivity contribution in [3.8, 4) is 11.3 Å². The van der Waals surface area contributed by atoms with Gasteiger partial charge in [-0.2, -0.15) is 0 Å². The molecule has 32 heavy (non-hydrogen) atoms. The zero-order valence-corrected chi connectivity index (χ0v) is 19.8. The number of anilines is 1. The van der Waals surface area contributed by atoms with Crippen LogP contribution in [0.15, 0.2) is 59.9 Å². The maximum Gasteiger partial charge on any atom is 0.234 e. The highest BCUT2D eigenvalue weighted by Gasteiger charge is 2.21. The SMILES string of the molecule is Cc1cccc(C(C)C)c1NC(=O)CSc1ncc(-c2ccccc2)n1CC1CCCO1. The highest BCUT2D eigenvalue weighted by molar-refractivity contribution is 7.99. The summed E-state index contributed by atoms with van der Waals surface area (Å²) in [5, 5.41) is 3.99. The third-order valence-corrected chi connectivity index (χ3v) is 6.81. The number of hydrogen-bond acceptors (Lipinski definition) is 4. The minimum absolute atomic E-state index is 0.0147. The Morgan fingerprint density at radius 2 is 2.03 bits per heavy atom. The van der Waals surface area contributed by atoms with Gasteiger partial charge in [0.2, 0.25) is 5.91 Å². The Morgan fingerprint density at radius 1 is 1.22 bits per heavy atom. The summed E-state index contributed by atoms with van der Waals surface area (Å²) in [5.41, 5.74) is 5.36. The van der Waals surface area contributed by atoms with Crippen LogP contribution < -0.4 is 5.32 Å². The van der Waals surface area contributed by atoms with Gasteiger partial charge < -0.3 is 14.6 Å². The topological polar surface area (TPSA) is 56.2 Å². The lowest BCUT2D eigenvalue weighted by atomic mass is 9.98. The maximum absolute atomic E-state index is 12.9. The number of ether oxygens (including phenoxy) is 1. The van der Waals surface area contributed by atoms with E-state index in [4.69, 9.17) is 4.74 Å². The molecule has 1 fully saturated rings. The molecule has 4 rings (SSSR count). The van der Waals surface area contributed by atoms with E-state index in [-0.39, 0.29) is 12.0 Å². The van der Waals surface area contributed by atoms with Crippen LogP contribution >= 0.6 is 11.8 Å². The van der Waals surface area contributed by atoms with Crippen molar-refractivity contribution < 1.29 is 9.53 Å². The molecule has 5 nitrogen and oxygen atoms in total. The molecule has 0 bridgehead atoms. The van der Waals surface area contributed by atoms with Crippen LogP contribution in [-0.4, -0.2) is 33.9 Å². The number of amides is 1. The summed E-state index contributed by atoms with van der Waals surface area (Å²) in [6.45, 7) is 7.90. The molecule has 3 aromatic rings. The summed E-state index contributed by atoms with van der Waals surface area (Å²) in [6.07, 6.45) is 4.25. The third kappa shape index (κ3) is 5.25. The lowest BCUT2D eigenvalue weighted by Crippen LogP contribution is -2.19. The molecule has 1 atom stereocenters. The zero-order chi connectivity index (χ0) is 22.5. The van der Waals surface area contributed by atoms with Gasteiger partial charge in [0.15, 0.2) is 5.16 Å². The molecule has 1 amide bonds. The van der Waals surface area contributed by atoms with E-state index in [9.17, 15) is 4.79 Å². The third-order valence-electron chi connectivity index (χ3n) is 5.82. The fourth-order valence-electron chi connectivity index (χ4n) is 4.13. The van der Waals surface area contributed by atoms with Crippen LogP contribution in [0.2, 0.25) is 0 Å². The number of para-hydroxylation sites is 1. The van der Waals surface area contributed by atoms with Gasteiger partial charge in [-0.15, -0.1) is 0 Å². The number of aromatic nitrogens is 2. The Morgan fingerprint density at radius 3 is 2.75 bits per heavy atom. The van der Waals surface area contributed by atoms with Gasteiger partial charge in [0.05, 0.1) is 30.3 Å². The van der Waals surface area contributed by atoms with Crippen LogP contribution in [0.3, 0.4) is 0 Å². The summed E-state index contributed by atoms with van der Waals surface area (Å²) in [5.74, 6) is 0.638. The number of aryl methyl sites for hydroxylation is 1. The average molecular weight is 450 g/mol. The molecule has 0 radical (unpaired) electrons. The van der Waals surface area contributed by atoms with E-state index in [0.717, 1.165) is 59.2 Å². The normalized spacial score (nSPS) is 15.9. The molecule has 2 heterocycles. The lowest BCUT2D eigenvalue weighted by Gasteiger charge is -2.17. The molecular formula is C26H31N3O2S. The van der Waals surface area contributed by atoms with Crippen LogP contribution in [0.4, 0.5) is 5.69 Å². The van der Waals surface area contributed by atoms with Crippen LogP contribution in [-0.2, 0) is 16.1 Å². The first-order valence-corrected chi connectivity index (χ1v) is 12.3. The summed E-state index contributed by atoms with van der Waals surface area (Å²) < 4.78 is 8.09. The van der Waals surface area contributed by atoms with Gasteiger partial charge in [-0.05, 0) is 42.4 Å². The van der Waals surface area contributed by atoms with Gasteiger partial charge in [0.1, 0.15) is 0 Å². The minimum atomic E-state index is -0.0147. The predicted molar refractivity (Wildman–Crippen MR) is 131 cm³/mol. The van der Waals surface area contributed by atoms with Crippen LogP contribution in [0.1, 0.15) is 43.7 Å². The standard InChI is InChI=1S/C26H31N3O2S/c1-18(2)22-13-7-9-19(3)25(22)28-24(30)17-32-26-27-15-23(20-10-5-4-6-11-20)29(26)16-21-12-8-14-31-21/h4-7,9-11,13,15,18,21H,8,12,14,16-17H2,1-3H3,(H,28,30). The first kappa shape index (κ1) is 22.6. The minimum Gasteiger partial charge on any atom is -0.376 e. The molecule has 0 aliphatic carbocycles. The molecule has 168 valence electrons. The molecular weight excluding hydrogens is 418 g/mol. The summed E-state index contributed by atoms with van der Waals surface area (Å²) in [7, 11) is 0. The second-order valence-electron chi connectivity index (χ2n) is 8.57. The van der Waals surface area contributed by atoms with Gasteiger partial charge in [-0.25, -0.2) is 4.98 Å². The number of thioether (sulfide) groups is 1. The Hall–Kier alpha value is -2.57. The molecule has 1 aromatic heterocycles. The van der Waals surface area contributed by atoms with E-state index >= 15 is 0 Å². The number of carbonyl (C=O) groups excluding carboxylic acids is 1. The quantitative estimate of drug-likeness (QED) is 0.436. The molecule has 1 aliphatic heterocycles. The van der Waals surface area contributed by atoms with E-state index in [1.807, 2.05) is 43.5 Å². The number of hydrogen-bond donors (Lipinski definition) is 1. The van der Waals surface area contributed by atoms with Crippen molar-refractivity contribution in [3.63, 3.8) is 0 Å². The van der Waals surface area contributed by atoms with Gasteiger partial charge in [0, 0.05) is 12.3 Å². The number of rotatable bonds is 8. The van der Waals surface area contributed by atoms with Crippen molar-refractivity contribution in [1.82, 2.24) is 9.55 Å². The molecule has 1 unspecified atom stereocenters. The smallest absolute Gasteiger partial charge is 0.234 e.